The number of nitrogens with one attached hydrogen (secondary N) is 1. The van der Waals surface area contributed by atoms with Crippen molar-refractivity contribution in [3.8, 4) is 23.0 Å². The normalized spacial score (nSPS) is 11.8. The first-order chi connectivity index (χ1) is 13.2. The first kappa shape index (κ1) is 21.2. The highest BCUT2D eigenvalue weighted by Crippen LogP contribution is 2.30. The van der Waals surface area contributed by atoms with Crippen molar-refractivity contribution in [3.05, 3.63) is 48.0 Å². The van der Waals surface area contributed by atoms with Gasteiger partial charge in [0.05, 0.1) is 13.7 Å². The van der Waals surface area contributed by atoms with Gasteiger partial charge in [-0.25, -0.2) is 0 Å². The van der Waals surface area contributed by atoms with Gasteiger partial charge in [0.1, 0.15) is 6.61 Å². The molecule has 2 aromatic carbocycles. The lowest BCUT2D eigenvalue weighted by molar-refractivity contribution is 0.162. The Hall–Kier alpha value is -2.13. The molecule has 1 atom stereocenters. The van der Waals surface area contributed by atoms with Crippen molar-refractivity contribution >= 4 is 12.3 Å². The van der Waals surface area contributed by atoms with E-state index in [1.807, 2.05) is 18.2 Å². The fraction of sp³-hybridized carbons (Fsp3) is 0.368. The summed E-state index contributed by atoms with van der Waals surface area (Å²) in [5, 5.41) is 13.1. The molecule has 0 spiro atoms. The number of hydrogen-bond acceptors (Lipinski definition) is 8. The van der Waals surface area contributed by atoms with Crippen molar-refractivity contribution in [2.75, 3.05) is 34.0 Å². The second-order valence-electron chi connectivity index (χ2n) is 5.77. The molecule has 148 valence electrons. The fourth-order valence-corrected chi connectivity index (χ4v) is 2.84. The molecule has 0 saturated carbocycles. The lowest BCUT2D eigenvalue weighted by atomic mass is 10.1. The molecule has 0 bridgehead atoms. The molecule has 0 aromatic heterocycles. The predicted molar refractivity (Wildman–Crippen MR) is 105 cm³/mol. The summed E-state index contributed by atoms with van der Waals surface area (Å²) in [5.74, 6) is 1.59. The standard InChI is InChI=1S/C19H25NO6S/c1-23-13-15(20-9-10-25-17-6-4-3-5-16(17)21)11-14-7-8-18(24-2)19(12-14)26-27-22/h3-8,12,15,20-22H,9-11,13H2,1-2H3/t15-/m0/s1. The van der Waals surface area contributed by atoms with Gasteiger partial charge in [-0.2, -0.15) is 0 Å². The van der Waals surface area contributed by atoms with E-state index in [4.69, 9.17) is 22.9 Å². The molecule has 0 saturated heterocycles. The summed E-state index contributed by atoms with van der Waals surface area (Å²) in [5.41, 5.74) is 1.01. The number of rotatable bonds is 12. The SMILES string of the molecule is COC[C@H](Cc1ccc(OC)c(OSO)c1)NCCOc1ccccc1O. The zero-order chi connectivity index (χ0) is 19.5. The van der Waals surface area contributed by atoms with E-state index in [-0.39, 0.29) is 24.1 Å². The van der Waals surface area contributed by atoms with Gasteiger partial charge in [0.15, 0.2) is 23.0 Å². The van der Waals surface area contributed by atoms with E-state index < -0.39 is 0 Å². The van der Waals surface area contributed by atoms with Crippen LogP contribution in [0.4, 0.5) is 0 Å². The molecule has 3 N–H and O–H groups in total. The third kappa shape index (κ3) is 6.84. The number of ether oxygens (including phenoxy) is 3. The summed E-state index contributed by atoms with van der Waals surface area (Å²) in [7, 11) is 3.20. The Morgan fingerprint density at radius 1 is 1.07 bits per heavy atom. The van der Waals surface area contributed by atoms with E-state index >= 15 is 0 Å². The van der Waals surface area contributed by atoms with E-state index in [1.165, 1.54) is 0 Å². The minimum Gasteiger partial charge on any atom is -0.504 e. The highest BCUT2D eigenvalue weighted by molar-refractivity contribution is 7.89. The Morgan fingerprint density at radius 3 is 2.59 bits per heavy atom. The maximum atomic E-state index is 9.70. The van der Waals surface area contributed by atoms with Crippen molar-refractivity contribution in [2.45, 2.75) is 12.5 Å². The fourth-order valence-electron chi connectivity index (χ4n) is 2.63. The van der Waals surface area contributed by atoms with Gasteiger partial charge in [0, 0.05) is 19.7 Å². The van der Waals surface area contributed by atoms with E-state index in [2.05, 4.69) is 5.32 Å². The van der Waals surface area contributed by atoms with Crippen molar-refractivity contribution in [1.29, 1.82) is 0 Å². The summed E-state index contributed by atoms with van der Waals surface area (Å²) < 4.78 is 30.1. The largest absolute Gasteiger partial charge is 0.504 e. The smallest absolute Gasteiger partial charge is 0.222 e. The minimum atomic E-state index is 0.0611. The van der Waals surface area contributed by atoms with Crippen LogP contribution in [-0.4, -0.2) is 49.7 Å². The van der Waals surface area contributed by atoms with Crippen molar-refractivity contribution < 1.29 is 28.1 Å². The first-order valence-electron chi connectivity index (χ1n) is 8.46. The number of phenols is 1. The van der Waals surface area contributed by atoms with Crippen LogP contribution in [0.1, 0.15) is 5.56 Å². The number of hydrogen-bond donors (Lipinski definition) is 3. The number of para-hydroxylation sites is 2. The molecule has 7 nitrogen and oxygen atoms in total. The van der Waals surface area contributed by atoms with E-state index in [0.717, 1.165) is 5.56 Å². The third-order valence-corrected chi connectivity index (χ3v) is 4.12. The zero-order valence-electron chi connectivity index (χ0n) is 15.4. The van der Waals surface area contributed by atoms with Gasteiger partial charge in [-0.05, 0) is 36.2 Å². The predicted octanol–water partition coefficient (Wildman–Crippen LogP) is 3.13. The maximum absolute atomic E-state index is 9.70. The molecule has 0 amide bonds. The van der Waals surface area contributed by atoms with Crippen molar-refractivity contribution in [2.24, 2.45) is 0 Å². The summed E-state index contributed by atoms with van der Waals surface area (Å²) in [6.45, 7) is 1.53. The van der Waals surface area contributed by atoms with Crippen LogP contribution in [0.15, 0.2) is 42.5 Å². The number of aromatic hydroxyl groups is 1. The van der Waals surface area contributed by atoms with Crippen LogP contribution in [0.25, 0.3) is 0 Å². The Balaban J connectivity index is 1.89. The van der Waals surface area contributed by atoms with Crippen molar-refractivity contribution in [1.82, 2.24) is 5.32 Å². The van der Waals surface area contributed by atoms with E-state index in [0.29, 0.717) is 43.4 Å². The summed E-state index contributed by atoms with van der Waals surface area (Å²) >= 11 is 0.281. The van der Waals surface area contributed by atoms with Gasteiger partial charge in [0.25, 0.3) is 0 Å². The Kier molecular flexibility index (Phi) is 9.06. The number of phenolic OH excluding ortho intramolecular Hbond substituents is 1. The number of benzene rings is 2. The highest BCUT2D eigenvalue weighted by atomic mass is 32.2. The Bertz CT molecular complexity index is 700. The Morgan fingerprint density at radius 2 is 1.89 bits per heavy atom. The van der Waals surface area contributed by atoms with Gasteiger partial charge in [-0.15, -0.1) is 0 Å². The monoisotopic (exact) mass is 395 g/mol. The lowest BCUT2D eigenvalue weighted by Gasteiger charge is -2.19. The van der Waals surface area contributed by atoms with Gasteiger partial charge in [-0.3, -0.25) is 4.55 Å². The molecule has 27 heavy (non-hydrogen) atoms. The molecule has 0 radical (unpaired) electrons. The molecule has 0 heterocycles. The summed E-state index contributed by atoms with van der Waals surface area (Å²) in [6, 6.07) is 12.5. The third-order valence-electron chi connectivity index (χ3n) is 3.86. The first-order valence-corrected chi connectivity index (χ1v) is 9.16. The van der Waals surface area contributed by atoms with Crippen LogP contribution in [0.3, 0.4) is 0 Å². The Labute approximate surface area is 163 Å². The average Bonchev–Trinajstić information content (AvgIpc) is 2.67. The molecule has 0 aliphatic carbocycles. The van der Waals surface area contributed by atoms with Crippen LogP contribution >= 0.6 is 12.3 Å². The topological polar surface area (TPSA) is 89.4 Å². The molecule has 2 aromatic rings. The molecule has 8 heteroatoms. The van der Waals surface area contributed by atoms with Gasteiger partial charge >= 0.3 is 0 Å². The van der Waals surface area contributed by atoms with Crippen molar-refractivity contribution in [3.63, 3.8) is 0 Å². The molecule has 0 aliphatic rings. The maximum Gasteiger partial charge on any atom is 0.222 e. The van der Waals surface area contributed by atoms with Crippen LogP contribution in [-0.2, 0) is 11.2 Å². The molecular formula is C19H25NO6S. The average molecular weight is 395 g/mol. The van der Waals surface area contributed by atoms with E-state index in [1.54, 1.807) is 38.5 Å². The summed E-state index contributed by atoms with van der Waals surface area (Å²) in [6.07, 6.45) is 0.695. The zero-order valence-corrected chi connectivity index (χ0v) is 16.2. The van der Waals surface area contributed by atoms with Crippen LogP contribution in [0.5, 0.6) is 23.0 Å². The minimum absolute atomic E-state index is 0.0611. The molecule has 2 rings (SSSR count). The van der Waals surface area contributed by atoms with Crippen LogP contribution < -0.4 is 19.0 Å². The molecule has 0 fully saturated rings. The van der Waals surface area contributed by atoms with Gasteiger partial charge < -0.3 is 28.8 Å². The molecular weight excluding hydrogens is 370 g/mol. The van der Waals surface area contributed by atoms with E-state index in [9.17, 15) is 5.11 Å². The van der Waals surface area contributed by atoms with Crippen LogP contribution in [0, 0.1) is 0 Å². The summed E-state index contributed by atoms with van der Waals surface area (Å²) in [4.78, 5) is 0. The van der Waals surface area contributed by atoms with Gasteiger partial charge in [0.2, 0.25) is 12.3 Å². The number of methoxy groups -OCH3 is 2. The molecule has 0 aliphatic heterocycles. The highest BCUT2D eigenvalue weighted by Gasteiger charge is 2.12. The second kappa shape index (κ2) is 11.6. The lowest BCUT2D eigenvalue weighted by Crippen LogP contribution is -2.37. The van der Waals surface area contributed by atoms with Gasteiger partial charge in [-0.1, -0.05) is 18.2 Å². The van der Waals surface area contributed by atoms with Crippen LogP contribution in [0.2, 0.25) is 0 Å². The quantitative estimate of drug-likeness (QED) is 0.373. The molecule has 0 unspecified atom stereocenters. The second-order valence-corrected chi connectivity index (χ2v) is 6.09.